The van der Waals surface area contributed by atoms with E-state index < -0.39 is 5.60 Å². The van der Waals surface area contributed by atoms with Crippen molar-refractivity contribution in [2.75, 3.05) is 13.6 Å². The minimum Gasteiger partial charge on any atom is -0.389 e. The van der Waals surface area contributed by atoms with E-state index in [4.69, 9.17) is 0 Å². The van der Waals surface area contributed by atoms with Crippen LogP contribution in [0.25, 0.3) is 10.9 Å². The molecule has 0 bridgehead atoms. The summed E-state index contributed by atoms with van der Waals surface area (Å²) in [4.78, 5) is 5.72. The zero-order valence-electron chi connectivity index (χ0n) is 11.5. The van der Waals surface area contributed by atoms with E-state index in [0.29, 0.717) is 12.0 Å². The van der Waals surface area contributed by atoms with Crippen LogP contribution in [0.2, 0.25) is 0 Å². The number of aliphatic hydroxyl groups is 1. The summed E-state index contributed by atoms with van der Waals surface area (Å²) in [5, 5.41) is 11.9. The van der Waals surface area contributed by atoms with Crippen LogP contribution in [0, 0.1) is 0 Å². The minimum atomic E-state index is -0.577. The number of fused-ring (bicyclic) bond motifs is 2. The molecule has 1 aliphatic carbocycles. The Bertz CT molecular complexity index is 643. The molecule has 0 unspecified atom stereocenters. The summed E-state index contributed by atoms with van der Waals surface area (Å²) in [6.07, 6.45) is 4.12. The van der Waals surface area contributed by atoms with Crippen LogP contribution in [0.1, 0.15) is 30.4 Å². The van der Waals surface area contributed by atoms with Crippen molar-refractivity contribution in [2.45, 2.75) is 37.3 Å². The molecule has 2 N–H and O–H groups in total. The zero-order valence-corrected chi connectivity index (χ0v) is 11.5. The number of nitrogens with zero attached hydrogens (tertiary/aromatic N) is 1. The summed E-state index contributed by atoms with van der Waals surface area (Å²) < 4.78 is 0. The molecule has 0 radical (unpaired) electrons. The number of piperidine rings is 1. The number of hydrogen-bond donors (Lipinski definition) is 2. The third-order valence-corrected chi connectivity index (χ3v) is 4.93. The van der Waals surface area contributed by atoms with Gasteiger partial charge in [0.05, 0.1) is 5.60 Å². The van der Waals surface area contributed by atoms with E-state index in [1.54, 1.807) is 0 Å². The van der Waals surface area contributed by atoms with Crippen molar-refractivity contribution in [2.24, 2.45) is 0 Å². The quantitative estimate of drug-likeness (QED) is 0.759. The van der Waals surface area contributed by atoms with Gasteiger partial charge in [-0.15, -0.1) is 0 Å². The highest BCUT2D eigenvalue weighted by Gasteiger charge is 2.43. The molecule has 3 nitrogen and oxygen atoms in total. The number of nitrogens with one attached hydrogen (secondary N) is 1. The van der Waals surface area contributed by atoms with Gasteiger partial charge in [0.15, 0.2) is 0 Å². The predicted molar refractivity (Wildman–Crippen MR) is 76.4 cm³/mol. The van der Waals surface area contributed by atoms with Gasteiger partial charge in [-0.2, -0.15) is 0 Å². The highest BCUT2D eigenvalue weighted by Crippen LogP contribution is 2.45. The Balaban J connectivity index is 1.91. The molecule has 4 rings (SSSR count). The van der Waals surface area contributed by atoms with Gasteiger partial charge < -0.3 is 10.1 Å². The van der Waals surface area contributed by atoms with Crippen molar-refractivity contribution in [1.29, 1.82) is 0 Å². The number of hydrogen-bond acceptors (Lipinski definition) is 2. The lowest BCUT2D eigenvalue weighted by molar-refractivity contribution is -0.0402. The van der Waals surface area contributed by atoms with Crippen molar-refractivity contribution in [3.8, 4) is 0 Å². The maximum atomic E-state index is 10.5. The topological polar surface area (TPSA) is 39.3 Å². The van der Waals surface area contributed by atoms with E-state index in [0.717, 1.165) is 19.4 Å². The van der Waals surface area contributed by atoms with E-state index in [9.17, 15) is 5.11 Å². The molecule has 0 spiro atoms. The summed E-state index contributed by atoms with van der Waals surface area (Å²) in [7, 11) is 2.14. The van der Waals surface area contributed by atoms with E-state index >= 15 is 0 Å². The van der Waals surface area contributed by atoms with Gasteiger partial charge in [0.2, 0.25) is 0 Å². The molecule has 19 heavy (non-hydrogen) atoms. The molecule has 1 aliphatic heterocycles. The average Bonchev–Trinajstić information content (AvgIpc) is 2.75. The van der Waals surface area contributed by atoms with Crippen LogP contribution in [0.15, 0.2) is 24.4 Å². The standard InChI is InChI=1S/C16H20N2O/c1-16(19)7-12-11-4-3-5-13-15(11)10(8-17-13)6-14(12)18(2)9-16/h3-5,8,12,14,17,19H,6-7,9H2,1-2H3/t12-,14-,16+/m1/s1. The Morgan fingerprint density at radius 3 is 3.11 bits per heavy atom. The van der Waals surface area contributed by atoms with Crippen molar-refractivity contribution in [1.82, 2.24) is 9.88 Å². The van der Waals surface area contributed by atoms with Crippen LogP contribution in [0.3, 0.4) is 0 Å². The first-order valence-corrected chi connectivity index (χ1v) is 7.07. The highest BCUT2D eigenvalue weighted by atomic mass is 16.3. The molecule has 1 fully saturated rings. The lowest BCUT2D eigenvalue weighted by Gasteiger charge is -2.48. The van der Waals surface area contributed by atoms with Crippen molar-refractivity contribution < 1.29 is 5.11 Å². The first kappa shape index (κ1) is 11.5. The predicted octanol–water partition coefficient (Wildman–Crippen LogP) is 2.26. The minimum absolute atomic E-state index is 0.445. The number of β-amino-alcohol motifs (C(OH)–C–C–N with tert-alkyl or cyclic N) is 1. The largest absolute Gasteiger partial charge is 0.389 e. The lowest BCUT2D eigenvalue weighted by atomic mass is 9.71. The van der Waals surface area contributed by atoms with Gasteiger partial charge >= 0.3 is 0 Å². The number of rotatable bonds is 0. The molecule has 3 heteroatoms. The molecule has 0 saturated carbocycles. The van der Waals surface area contributed by atoms with Gasteiger partial charge in [-0.25, -0.2) is 0 Å². The number of aromatic nitrogens is 1. The van der Waals surface area contributed by atoms with Gasteiger partial charge in [0, 0.05) is 35.6 Å². The summed E-state index contributed by atoms with van der Waals surface area (Å²) in [6, 6.07) is 7.04. The molecular weight excluding hydrogens is 236 g/mol. The second-order valence-corrected chi connectivity index (χ2v) is 6.58. The van der Waals surface area contributed by atoms with Crippen LogP contribution in [0.5, 0.6) is 0 Å². The fraction of sp³-hybridized carbons (Fsp3) is 0.500. The molecule has 1 saturated heterocycles. The van der Waals surface area contributed by atoms with Gasteiger partial charge in [0.25, 0.3) is 0 Å². The van der Waals surface area contributed by atoms with Gasteiger partial charge in [-0.3, -0.25) is 4.90 Å². The SMILES string of the molecule is CN1C[C@@](C)(O)C[C@@H]2c3cccc4[nH]cc(c34)C[C@H]21. The number of likely N-dealkylation sites (N-methyl/N-ethyl adjacent to an activating group) is 1. The number of H-pyrrole nitrogens is 1. The fourth-order valence-corrected chi connectivity index (χ4v) is 4.23. The van der Waals surface area contributed by atoms with Gasteiger partial charge in [0.1, 0.15) is 0 Å². The second kappa shape index (κ2) is 3.62. The average molecular weight is 256 g/mol. The molecule has 0 amide bonds. The molecular formula is C16H20N2O. The monoisotopic (exact) mass is 256 g/mol. The summed E-state index contributed by atoms with van der Waals surface area (Å²) >= 11 is 0. The van der Waals surface area contributed by atoms with Crippen LogP contribution in [-0.2, 0) is 6.42 Å². The normalized spacial score (nSPS) is 34.5. The number of benzene rings is 1. The second-order valence-electron chi connectivity index (χ2n) is 6.58. The highest BCUT2D eigenvalue weighted by molar-refractivity contribution is 5.88. The molecule has 1 aromatic heterocycles. The Hall–Kier alpha value is -1.32. The molecule has 100 valence electrons. The summed E-state index contributed by atoms with van der Waals surface area (Å²) in [6.45, 7) is 2.73. The molecule has 2 aliphatic rings. The van der Waals surface area contributed by atoms with Crippen LogP contribution < -0.4 is 0 Å². The van der Waals surface area contributed by atoms with Crippen LogP contribution in [0.4, 0.5) is 0 Å². The van der Waals surface area contributed by atoms with E-state index in [2.05, 4.69) is 41.3 Å². The van der Waals surface area contributed by atoms with Crippen molar-refractivity contribution in [3.63, 3.8) is 0 Å². The Labute approximate surface area is 113 Å². The molecule has 2 heterocycles. The lowest BCUT2D eigenvalue weighted by Crippen LogP contribution is -2.54. The maximum absolute atomic E-state index is 10.5. The molecule has 2 aromatic rings. The molecule has 1 aromatic carbocycles. The number of aromatic amines is 1. The maximum Gasteiger partial charge on any atom is 0.0752 e. The van der Waals surface area contributed by atoms with Gasteiger partial charge in [-0.05, 0) is 44.0 Å². The summed E-state index contributed by atoms with van der Waals surface area (Å²) in [5.41, 5.74) is 3.50. The third kappa shape index (κ3) is 1.58. The van der Waals surface area contributed by atoms with Crippen molar-refractivity contribution in [3.05, 3.63) is 35.5 Å². The van der Waals surface area contributed by atoms with Crippen molar-refractivity contribution >= 4 is 10.9 Å². The number of likely N-dealkylation sites (tertiary alicyclic amines) is 1. The Morgan fingerprint density at radius 1 is 1.42 bits per heavy atom. The zero-order chi connectivity index (χ0) is 13.2. The fourth-order valence-electron chi connectivity index (χ4n) is 4.23. The summed E-state index contributed by atoms with van der Waals surface area (Å²) in [5.74, 6) is 0.445. The van der Waals surface area contributed by atoms with Gasteiger partial charge in [-0.1, -0.05) is 12.1 Å². The first-order chi connectivity index (χ1) is 9.05. The van der Waals surface area contributed by atoms with Crippen LogP contribution >= 0.6 is 0 Å². The third-order valence-electron chi connectivity index (χ3n) is 4.93. The Kier molecular flexibility index (Phi) is 2.19. The first-order valence-electron chi connectivity index (χ1n) is 7.07. The van der Waals surface area contributed by atoms with E-state index in [1.807, 2.05) is 6.92 Å². The van der Waals surface area contributed by atoms with E-state index in [-0.39, 0.29) is 0 Å². The van der Waals surface area contributed by atoms with Crippen LogP contribution in [-0.4, -0.2) is 40.2 Å². The van der Waals surface area contributed by atoms with E-state index in [1.165, 1.54) is 22.0 Å². The smallest absolute Gasteiger partial charge is 0.0752 e. The molecule has 3 atom stereocenters. The Morgan fingerprint density at radius 2 is 2.26 bits per heavy atom.